The van der Waals surface area contributed by atoms with Gasteiger partial charge in [0.05, 0.1) is 0 Å². The quantitative estimate of drug-likeness (QED) is 0.824. The van der Waals surface area contributed by atoms with Crippen LogP contribution in [0, 0.1) is 5.41 Å². The van der Waals surface area contributed by atoms with E-state index in [9.17, 15) is 0 Å². The first-order valence-corrected chi connectivity index (χ1v) is 8.31. The minimum absolute atomic E-state index is 0.349. The van der Waals surface area contributed by atoms with Crippen molar-refractivity contribution in [1.82, 2.24) is 9.88 Å². The van der Waals surface area contributed by atoms with Crippen LogP contribution in [0.3, 0.4) is 0 Å². The van der Waals surface area contributed by atoms with Crippen LogP contribution >= 0.6 is 11.6 Å². The summed E-state index contributed by atoms with van der Waals surface area (Å²) in [6, 6.07) is 7.00. The van der Waals surface area contributed by atoms with Gasteiger partial charge in [-0.05, 0) is 42.4 Å². The SMILES string of the molecule is CC(C)(C)CCn1cc(CNC2CC2)c2ccc(Cl)cc21. The third-order valence-electron chi connectivity index (χ3n) is 4.19. The van der Waals surface area contributed by atoms with Crippen molar-refractivity contribution in [1.29, 1.82) is 0 Å². The second kappa shape index (κ2) is 5.66. The first-order chi connectivity index (χ1) is 9.92. The number of hydrogen-bond donors (Lipinski definition) is 1. The van der Waals surface area contributed by atoms with Gasteiger partial charge in [-0.1, -0.05) is 38.4 Å². The minimum Gasteiger partial charge on any atom is -0.347 e. The second-order valence-electron chi connectivity index (χ2n) is 7.48. The lowest BCUT2D eigenvalue weighted by Gasteiger charge is -2.18. The third-order valence-corrected chi connectivity index (χ3v) is 4.42. The summed E-state index contributed by atoms with van der Waals surface area (Å²) in [5.41, 5.74) is 3.00. The molecule has 0 unspecified atom stereocenters. The molecule has 3 heteroatoms. The summed E-state index contributed by atoms with van der Waals surface area (Å²) in [6.45, 7) is 8.89. The Bertz CT molecular complexity index is 632. The molecular formula is C18H25ClN2. The smallest absolute Gasteiger partial charge is 0.0498 e. The molecule has 3 rings (SSSR count). The Hall–Kier alpha value is -0.990. The Morgan fingerprint density at radius 3 is 2.71 bits per heavy atom. The lowest BCUT2D eigenvalue weighted by molar-refractivity contribution is 0.353. The summed E-state index contributed by atoms with van der Waals surface area (Å²) in [5.74, 6) is 0. The maximum absolute atomic E-state index is 6.20. The molecule has 0 radical (unpaired) electrons. The highest BCUT2D eigenvalue weighted by Crippen LogP contribution is 2.28. The zero-order chi connectivity index (χ0) is 15.0. The van der Waals surface area contributed by atoms with Crippen molar-refractivity contribution in [3.63, 3.8) is 0 Å². The molecule has 0 amide bonds. The van der Waals surface area contributed by atoms with Gasteiger partial charge in [-0.15, -0.1) is 0 Å². The summed E-state index contributed by atoms with van der Waals surface area (Å²) in [4.78, 5) is 0. The Morgan fingerprint density at radius 1 is 1.29 bits per heavy atom. The van der Waals surface area contributed by atoms with E-state index in [1.54, 1.807) is 0 Å². The highest BCUT2D eigenvalue weighted by molar-refractivity contribution is 6.31. The van der Waals surface area contributed by atoms with Gasteiger partial charge in [-0.3, -0.25) is 0 Å². The summed E-state index contributed by atoms with van der Waals surface area (Å²) in [6.07, 6.45) is 6.13. The molecule has 0 saturated heterocycles. The molecule has 1 N–H and O–H groups in total. The monoisotopic (exact) mass is 304 g/mol. The fourth-order valence-corrected chi connectivity index (χ4v) is 2.83. The van der Waals surface area contributed by atoms with Crippen LogP contribution < -0.4 is 5.32 Å². The van der Waals surface area contributed by atoms with Gasteiger partial charge in [-0.25, -0.2) is 0 Å². The van der Waals surface area contributed by atoms with Crippen LogP contribution in [-0.2, 0) is 13.1 Å². The topological polar surface area (TPSA) is 17.0 Å². The maximum atomic E-state index is 6.20. The Labute approximate surface area is 132 Å². The number of halogens is 1. The molecule has 114 valence electrons. The molecule has 0 atom stereocenters. The number of hydrogen-bond acceptors (Lipinski definition) is 1. The molecule has 1 aromatic heterocycles. The molecule has 21 heavy (non-hydrogen) atoms. The zero-order valence-corrected chi connectivity index (χ0v) is 14.0. The van der Waals surface area contributed by atoms with E-state index in [2.05, 4.69) is 49.0 Å². The molecule has 0 spiro atoms. The standard InChI is InChI=1S/C18H25ClN2/c1-18(2,3)8-9-21-12-13(11-20-15-5-6-15)16-7-4-14(19)10-17(16)21/h4,7,10,12,15,20H,5-6,8-9,11H2,1-3H3. The predicted molar refractivity (Wildman–Crippen MR) is 90.9 cm³/mol. The van der Waals surface area contributed by atoms with E-state index in [0.29, 0.717) is 5.41 Å². The molecule has 1 aromatic carbocycles. The van der Waals surface area contributed by atoms with Crippen LogP contribution in [0.25, 0.3) is 10.9 Å². The number of fused-ring (bicyclic) bond motifs is 1. The number of benzene rings is 1. The maximum Gasteiger partial charge on any atom is 0.0498 e. The summed E-state index contributed by atoms with van der Waals surface area (Å²) >= 11 is 6.20. The zero-order valence-electron chi connectivity index (χ0n) is 13.2. The fraction of sp³-hybridized carbons (Fsp3) is 0.556. The van der Waals surface area contributed by atoms with E-state index < -0.39 is 0 Å². The lowest BCUT2D eigenvalue weighted by atomic mass is 9.92. The molecule has 2 nitrogen and oxygen atoms in total. The normalized spacial score (nSPS) is 15.8. The Balaban J connectivity index is 1.87. The van der Waals surface area contributed by atoms with E-state index in [-0.39, 0.29) is 0 Å². The average Bonchev–Trinajstić information content (AvgIpc) is 3.16. The van der Waals surface area contributed by atoms with Crippen LogP contribution in [0.15, 0.2) is 24.4 Å². The minimum atomic E-state index is 0.349. The number of aryl methyl sites for hydroxylation is 1. The molecular weight excluding hydrogens is 280 g/mol. The average molecular weight is 305 g/mol. The fourth-order valence-electron chi connectivity index (χ4n) is 2.66. The van der Waals surface area contributed by atoms with Gasteiger partial charge in [0.15, 0.2) is 0 Å². The van der Waals surface area contributed by atoms with Crippen LogP contribution in [-0.4, -0.2) is 10.6 Å². The van der Waals surface area contributed by atoms with Crippen molar-refractivity contribution in [3.8, 4) is 0 Å². The van der Waals surface area contributed by atoms with Gasteiger partial charge in [0, 0.05) is 41.3 Å². The van der Waals surface area contributed by atoms with E-state index in [0.717, 1.165) is 24.2 Å². The van der Waals surface area contributed by atoms with Crippen molar-refractivity contribution < 1.29 is 0 Å². The van der Waals surface area contributed by atoms with Crippen molar-refractivity contribution >= 4 is 22.5 Å². The second-order valence-corrected chi connectivity index (χ2v) is 7.91. The Kier molecular flexibility index (Phi) is 4.02. The van der Waals surface area contributed by atoms with Gasteiger partial charge in [0.2, 0.25) is 0 Å². The van der Waals surface area contributed by atoms with E-state index in [1.807, 2.05) is 6.07 Å². The third kappa shape index (κ3) is 3.81. The van der Waals surface area contributed by atoms with Crippen molar-refractivity contribution in [2.75, 3.05) is 0 Å². The largest absolute Gasteiger partial charge is 0.347 e. The van der Waals surface area contributed by atoms with E-state index in [4.69, 9.17) is 11.6 Å². The Morgan fingerprint density at radius 2 is 2.05 bits per heavy atom. The molecule has 1 saturated carbocycles. The van der Waals surface area contributed by atoms with Crippen molar-refractivity contribution in [3.05, 3.63) is 35.0 Å². The first kappa shape index (κ1) is 14.9. The molecule has 1 heterocycles. The molecule has 1 fully saturated rings. The lowest BCUT2D eigenvalue weighted by Crippen LogP contribution is -2.15. The molecule has 0 bridgehead atoms. The first-order valence-electron chi connectivity index (χ1n) is 7.93. The van der Waals surface area contributed by atoms with Crippen LogP contribution in [0.2, 0.25) is 5.02 Å². The number of rotatable bonds is 5. The van der Waals surface area contributed by atoms with Crippen LogP contribution in [0.4, 0.5) is 0 Å². The van der Waals surface area contributed by atoms with Gasteiger partial charge in [0.1, 0.15) is 0 Å². The summed E-state index contributed by atoms with van der Waals surface area (Å²) in [7, 11) is 0. The van der Waals surface area contributed by atoms with Crippen LogP contribution in [0.5, 0.6) is 0 Å². The summed E-state index contributed by atoms with van der Waals surface area (Å²) < 4.78 is 2.37. The predicted octanol–water partition coefficient (Wildman–Crippen LogP) is 4.98. The van der Waals surface area contributed by atoms with Gasteiger partial charge in [-0.2, -0.15) is 0 Å². The highest BCUT2D eigenvalue weighted by atomic mass is 35.5. The van der Waals surface area contributed by atoms with Crippen molar-refractivity contribution in [2.24, 2.45) is 5.41 Å². The van der Waals surface area contributed by atoms with E-state index in [1.165, 1.54) is 35.7 Å². The molecule has 1 aliphatic rings. The van der Waals surface area contributed by atoms with Gasteiger partial charge < -0.3 is 9.88 Å². The number of nitrogens with one attached hydrogen (secondary N) is 1. The van der Waals surface area contributed by atoms with Crippen LogP contribution in [0.1, 0.15) is 45.6 Å². The molecule has 1 aliphatic carbocycles. The van der Waals surface area contributed by atoms with Gasteiger partial charge >= 0.3 is 0 Å². The molecule has 2 aromatic rings. The van der Waals surface area contributed by atoms with Crippen molar-refractivity contribution in [2.45, 2.75) is 59.2 Å². The van der Waals surface area contributed by atoms with Gasteiger partial charge in [0.25, 0.3) is 0 Å². The van der Waals surface area contributed by atoms with E-state index >= 15 is 0 Å². The molecule has 0 aliphatic heterocycles. The highest BCUT2D eigenvalue weighted by Gasteiger charge is 2.21. The summed E-state index contributed by atoms with van der Waals surface area (Å²) in [5, 5.41) is 5.77. The number of nitrogens with zero attached hydrogens (tertiary/aromatic N) is 1. The number of aromatic nitrogens is 1.